The Kier molecular flexibility index (Phi) is 3.36. The van der Waals surface area contributed by atoms with Gasteiger partial charge in [-0.25, -0.2) is 4.79 Å². The highest BCUT2D eigenvalue weighted by Crippen LogP contribution is 2.32. The van der Waals surface area contributed by atoms with Gasteiger partial charge in [0.1, 0.15) is 5.58 Å². The number of fused-ring (bicyclic) bond motifs is 1. The number of benzene rings is 2. The van der Waals surface area contributed by atoms with Crippen LogP contribution in [0.3, 0.4) is 0 Å². The van der Waals surface area contributed by atoms with E-state index in [4.69, 9.17) is 4.42 Å². The van der Waals surface area contributed by atoms with Gasteiger partial charge in [-0.05, 0) is 30.3 Å². The third kappa shape index (κ3) is 2.81. The van der Waals surface area contributed by atoms with E-state index in [1.54, 1.807) is 24.3 Å². The predicted molar refractivity (Wildman–Crippen MR) is 77.2 cm³/mol. The zero-order chi connectivity index (χ0) is 15.7. The topological polar surface area (TPSA) is 42.2 Å². The Hall–Kier alpha value is -2.76. The molecule has 0 atom stereocenters. The van der Waals surface area contributed by atoms with Crippen molar-refractivity contribution in [2.45, 2.75) is 6.18 Å². The lowest BCUT2D eigenvalue weighted by atomic mass is 10.1. The Labute approximate surface area is 123 Å². The molecule has 0 spiro atoms. The van der Waals surface area contributed by atoms with Gasteiger partial charge in [0.25, 0.3) is 0 Å². The Balaban J connectivity index is 2.06. The first-order valence-electron chi connectivity index (χ1n) is 6.41. The van der Waals surface area contributed by atoms with Crippen LogP contribution in [0.2, 0.25) is 0 Å². The number of rotatable bonds is 2. The first kappa shape index (κ1) is 14.2. The Morgan fingerprint density at radius 2 is 1.73 bits per heavy atom. The summed E-state index contributed by atoms with van der Waals surface area (Å²) in [7, 11) is 0. The van der Waals surface area contributed by atoms with E-state index in [2.05, 4.69) is 5.32 Å². The minimum absolute atomic E-state index is 0.241. The molecule has 0 aliphatic carbocycles. The van der Waals surface area contributed by atoms with Gasteiger partial charge < -0.3 is 9.73 Å². The Morgan fingerprint density at radius 1 is 0.955 bits per heavy atom. The first-order valence-corrected chi connectivity index (χ1v) is 6.41. The lowest BCUT2D eigenvalue weighted by Crippen LogP contribution is -2.06. The number of halogens is 3. The van der Waals surface area contributed by atoms with Crippen LogP contribution in [0.15, 0.2) is 63.8 Å². The molecule has 0 radical (unpaired) electrons. The molecule has 0 aliphatic heterocycles. The van der Waals surface area contributed by atoms with Gasteiger partial charge in [-0.1, -0.05) is 18.2 Å². The lowest BCUT2D eigenvalue weighted by molar-refractivity contribution is -0.137. The van der Waals surface area contributed by atoms with E-state index >= 15 is 0 Å². The molecule has 22 heavy (non-hydrogen) atoms. The van der Waals surface area contributed by atoms with Crippen LogP contribution in [-0.2, 0) is 6.18 Å². The van der Waals surface area contributed by atoms with E-state index in [1.165, 1.54) is 18.2 Å². The van der Waals surface area contributed by atoms with Crippen LogP contribution in [0.4, 0.5) is 24.5 Å². The van der Waals surface area contributed by atoms with Crippen molar-refractivity contribution in [1.29, 1.82) is 0 Å². The summed E-state index contributed by atoms with van der Waals surface area (Å²) < 4.78 is 43.2. The van der Waals surface area contributed by atoms with E-state index in [-0.39, 0.29) is 5.69 Å². The maximum absolute atomic E-state index is 12.7. The van der Waals surface area contributed by atoms with Crippen LogP contribution in [0.5, 0.6) is 0 Å². The van der Waals surface area contributed by atoms with Crippen molar-refractivity contribution in [2.24, 2.45) is 0 Å². The highest BCUT2D eigenvalue weighted by molar-refractivity contribution is 5.91. The molecule has 0 fully saturated rings. The molecule has 0 amide bonds. The summed E-state index contributed by atoms with van der Waals surface area (Å²) >= 11 is 0. The molecule has 0 bridgehead atoms. The molecule has 3 rings (SSSR count). The van der Waals surface area contributed by atoms with Crippen LogP contribution in [-0.4, -0.2) is 0 Å². The minimum atomic E-state index is -4.42. The molecule has 0 saturated heterocycles. The van der Waals surface area contributed by atoms with Crippen molar-refractivity contribution < 1.29 is 17.6 Å². The normalized spacial score (nSPS) is 11.6. The summed E-state index contributed by atoms with van der Waals surface area (Å²) in [5.74, 6) is 0. The molecule has 3 aromatic rings. The van der Waals surface area contributed by atoms with Gasteiger partial charge in [0.05, 0.1) is 11.3 Å². The van der Waals surface area contributed by atoms with Gasteiger partial charge in [-0.3, -0.25) is 0 Å². The summed E-state index contributed by atoms with van der Waals surface area (Å²) in [6.45, 7) is 0. The van der Waals surface area contributed by atoms with E-state index < -0.39 is 17.4 Å². The van der Waals surface area contributed by atoms with Gasteiger partial charge in [-0.15, -0.1) is 0 Å². The molecule has 2 aromatic carbocycles. The number of alkyl halides is 3. The SMILES string of the molecule is O=c1cc(Nc2cccc(C(F)(F)F)c2)c2ccccc2o1. The van der Waals surface area contributed by atoms with Gasteiger partial charge >= 0.3 is 11.8 Å². The fourth-order valence-corrected chi connectivity index (χ4v) is 2.14. The van der Waals surface area contributed by atoms with E-state index in [1.807, 2.05) is 0 Å². The quantitative estimate of drug-likeness (QED) is 0.706. The maximum Gasteiger partial charge on any atom is 0.416 e. The molecule has 0 saturated carbocycles. The molecule has 1 heterocycles. The number of nitrogens with one attached hydrogen (secondary N) is 1. The van der Waals surface area contributed by atoms with Crippen LogP contribution >= 0.6 is 0 Å². The Morgan fingerprint density at radius 3 is 2.50 bits per heavy atom. The zero-order valence-corrected chi connectivity index (χ0v) is 11.1. The fraction of sp³-hybridized carbons (Fsp3) is 0.0625. The smallest absolute Gasteiger partial charge is 0.416 e. The molecule has 3 nitrogen and oxygen atoms in total. The van der Waals surface area contributed by atoms with Gasteiger partial charge in [0.2, 0.25) is 0 Å². The minimum Gasteiger partial charge on any atom is -0.423 e. The average molecular weight is 305 g/mol. The zero-order valence-electron chi connectivity index (χ0n) is 11.1. The second-order valence-corrected chi connectivity index (χ2v) is 4.68. The van der Waals surface area contributed by atoms with Crippen LogP contribution < -0.4 is 10.9 Å². The molecule has 1 N–H and O–H groups in total. The highest BCUT2D eigenvalue weighted by atomic mass is 19.4. The number of anilines is 2. The standard InChI is InChI=1S/C16H10F3NO2/c17-16(18,19)10-4-3-5-11(8-10)20-13-9-15(21)22-14-7-2-1-6-12(13)14/h1-9,20H. The lowest BCUT2D eigenvalue weighted by Gasteiger charge is -2.11. The fourth-order valence-electron chi connectivity index (χ4n) is 2.14. The first-order chi connectivity index (χ1) is 10.4. The van der Waals surface area contributed by atoms with E-state index in [0.717, 1.165) is 12.1 Å². The Bertz CT molecular complexity index is 884. The van der Waals surface area contributed by atoms with Crippen molar-refractivity contribution in [1.82, 2.24) is 0 Å². The molecule has 6 heteroatoms. The molecule has 0 aliphatic rings. The van der Waals surface area contributed by atoms with Gasteiger partial charge in [0.15, 0.2) is 0 Å². The number of hydrogen-bond donors (Lipinski definition) is 1. The number of para-hydroxylation sites is 1. The second kappa shape index (κ2) is 5.22. The predicted octanol–water partition coefficient (Wildman–Crippen LogP) is 4.56. The molecule has 0 unspecified atom stereocenters. The molecule has 112 valence electrons. The second-order valence-electron chi connectivity index (χ2n) is 4.68. The van der Waals surface area contributed by atoms with Crippen molar-refractivity contribution >= 4 is 22.3 Å². The third-order valence-corrected chi connectivity index (χ3v) is 3.12. The highest BCUT2D eigenvalue weighted by Gasteiger charge is 2.30. The van der Waals surface area contributed by atoms with Crippen molar-refractivity contribution in [3.63, 3.8) is 0 Å². The summed E-state index contributed by atoms with van der Waals surface area (Å²) in [5, 5.41) is 3.45. The van der Waals surface area contributed by atoms with E-state index in [9.17, 15) is 18.0 Å². The van der Waals surface area contributed by atoms with E-state index in [0.29, 0.717) is 16.7 Å². The van der Waals surface area contributed by atoms with Crippen LogP contribution in [0.1, 0.15) is 5.56 Å². The summed E-state index contributed by atoms with van der Waals surface area (Å²) in [4.78, 5) is 11.5. The summed E-state index contributed by atoms with van der Waals surface area (Å²) in [6.07, 6.45) is -4.42. The monoisotopic (exact) mass is 305 g/mol. The third-order valence-electron chi connectivity index (χ3n) is 3.12. The molecular weight excluding hydrogens is 295 g/mol. The van der Waals surface area contributed by atoms with Crippen molar-refractivity contribution in [3.8, 4) is 0 Å². The number of hydrogen-bond acceptors (Lipinski definition) is 3. The molecular formula is C16H10F3NO2. The van der Waals surface area contributed by atoms with Crippen LogP contribution in [0.25, 0.3) is 11.0 Å². The molecule has 1 aromatic heterocycles. The summed E-state index contributed by atoms with van der Waals surface area (Å²) in [5.41, 5.74) is -0.334. The average Bonchev–Trinajstić information content (AvgIpc) is 2.46. The maximum atomic E-state index is 12.7. The van der Waals surface area contributed by atoms with Crippen LogP contribution in [0, 0.1) is 0 Å². The largest absolute Gasteiger partial charge is 0.423 e. The summed E-state index contributed by atoms with van der Waals surface area (Å²) in [6, 6.07) is 12.8. The van der Waals surface area contributed by atoms with Crippen molar-refractivity contribution in [2.75, 3.05) is 5.32 Å². The van der Waals surface area contributed by atoms with Gasteiger partial charge in [-0.2, -0.15) is 13.2 Å². The van der Waals surface area contributed by atoms with Gasteiger partial charge in [0, 0.05) is 17.1 Å². The van der Waals surface area contributed by atoms with Crippen molar-refractivity contribution in [3.05, 3.63) is 70.6 Å².